The van der Waals surface area contributed by atoms with E-state index in [-0.39, 0.29) is 58.2 Å². The quantitative estimate of drug-likeness (QED) is 0.165. The number of esters is 2. The molecule has 1 aromatic rings. The Balaban J connectivity index is 1.30. The zero-order valence-corrected chi connectivity index (χ0v) is 33.7. The van der Waals surface area contributed by atoms with E-state index in [9.17, 15) is 41.6 Å². The predicted molar refractivity (Wildman–Crippen MR) is 203 cm³/mol. The molecule has 1 N–H and O–H groups in total. The minimum absolute atomic E-state index is 0.0212. The number of hydrogen-bond donors (Lipinski definition) is 1. The highest BCUT2D eigenvalue weighted by Crippen LogP contribution is 2.57. The molecule has 1 aromatic carbocycles. The van der Waals surface area contributed by atoms with Crippen LogP contribution >= 0.6 is 0 Å². The molecular formula is C41H52FN3O11S. The second-order valence-electron chi connectivity index (χ2n) is 16.9. The summed E-state index contributed by atoms with van der Waals surface area (Å²) < 4.78 is 59.7. The topological polar surface area (TPSA) is 183 Å². The van der Waals surface area contributed by atoms with Crippen LogP contribution in [0.4, 0.5) is 9.18 Å². The predicted octanol–water partition coefficient (Wildman–Crippen LogP) is 4.79. The molecule has 2 saturated carbocycles. The van der Waals surface area contributed by atoms with Gasteiger partial charge in [-0.3, -0.25) is 28.8 Å². The van der Waals surface area contributed by atoms with E-state index >= 15 is 0 Å². The van der Waals surface area contributed by atoms with Gasteiger partial charge in [-0.1, -0.05) is 30.4 Å². The van der Waals surface area contributed by atoms with E-state index in [1.807, 2.05) is 6.08 Å². The van der Waals surface area contributed by atoms with Crippen molar-refractivity contribution in [1.29, 1.82) is 0 Å². The molecular weight excluding hydrogens is 762 g/mol. The molecule has 6 atom stereocenters. The summed E-state index contributed by atoms with van der Waals surface area (Å²) in [6.07, 6.45) is 5.27. The summed E-state index contributed by atoms with van der Waals surface area (Å²) in [7, 11) is -3.95. The average Bonchev–Trinajstić information content (AvgIpc) is 4.01. The first-order valence-corrected chi connectivity index (χ1v) is 21.3. The molecule has 0 spiro atoms. The van der Waals surface area contributed by atoms with Crippen LogP contribution in [0.25, 0.3) is 0 Å². The maximum atomic E-state index is 14.7. The van der Waals surface area contributed by atoms with Crippen LogP contribution < -0.4 is 4.72 Å². The van der Waals surface area contributed by atoms with E-state index < -0.39 is 97.8 Å². The van der Waals surface area contributed by atoms with Gasteiger partial charge in [-0.15, -0.1) is 0 Å². The first kappa shape index (κ1) is 42.0. The third-order valence-electron chi connectivity index (χ3n) is 11.3. The number of ketones is 1. The molecule has 2 aliphatic carbocycles. The van der Waals surface area contributed by atoms with Gasteiger partial charge in [0.15, 0.2) is 5.78 Å². The fraction of sp³-hybridized carbons (Fsp3) is 0.610. The summed E-state index contributed by atoms with van der Waals surface area (Å²) in [5.41, 5.74) is -1.25. The molecule has 57 heavy (non-hydrogen) atoms. The lowest BCUT2D eigenvalue weighted by Gasteiger charge is -2.30. The number of nitrogens with zero attached hydrogens (tertiary/aromatic N) is 2. The first-order valence-electron chi connectivity index (χ1n) is 19.7. The molecule has 14 nitrogen and oxygen atoms in total. The summed E-state index contributed by atoms with van der Waals surface area (Å²) in [5, 5.41) is -0.675. The summed E-state index contributed by atoms with van der Waals surface area (Å²) in [4.78, 5) is 84.9. The zero-order chi connectivity index (χ0) is 41.3. The Morgan fingerprint density at radius 2 is 1.77 bits per heavy atom. The number of rotatable bonds is 8. The molecule has 1 unspecified atom stereocenters. The van der Waals surface area contributed by atoms with Gasteiger partial charge in [-0.25, -0.2) is 22.4 Å². The number of carbonyl (C=O) groups excluding carboxylic acids is 6. The Bertz CT molecular complexity index is 1960. The molecule has 3 aliphatic heterocycles. The van der Waals surface area contributed by atoms with Crippen molar-refractivity contribution in [1.82, 2.24) is 14.5 Å². The molecule has 3 fully saturated rings. The number of hydrogen-bond acceptors (Lipinski definition) is 11. The molecule has 3 amide bonds. The number of ether oxygens (including phenoxy) is 3. The van der Waals surface area contributed by atoms with Gasteiger partial charge in [0.25, 0.3) is 0 Å². The summed E-state index contributed by atoms with van der Waals surface area (Å²) in [6.45, 7) is 6.64. The van der Waals surface area contributed by atoms with Crippen molar-refractivity contribution in [2.24, 2.45) is 17.3 Å². The van der Waals surface area contributed by atoms with Gasteiger partial charge < -0.3 is 19.1 Å². The van der Waals surface area contributed by atoms with Gasteiger partial charge in [-0.05, 0) is 90.2 Å². The number of benzene rings is 1. The summed E-state index contributed by atoms with van der Waals surface area (Å²) in [5.74, 6) is -5.07. The smallest absolute Gasteiger partial charge is 0.410 e. The molecule has 0 radical (unpaired) electrons. The number of fused-ring (bicyclic) bond motifs is 3. The van der Waals surface area contributed by atoms with Crippen LogP contribution in [0.1, 0.15) is 103 Å². The molecule has 3 heterocycles. The Morgan fingerprint density at radius 1 is 1.02 bits per heavy atom. The largest absolute Gasteiger partial charge is 0.460 e. The Labute approximate surface area is 332 Å². The number of halogens is 1. The van der Waals surface area contributed by atoms with Gasteiger partial charge in [-0.2, -0.15) is 0 Å². The van der Waals surface area contributed by atoms with Crippen LogP contribution in [0.15, 0.2) is 42.5 Å². The highest BCUT2D eigenvalue weighted by molar-refractivity contribution is 7.90. The normalized spacial score (nSPS) is 28.7. The number of amides is 3. The van der Waals surface area contributed by atoms with Gasteiger partial charge in [0.2, 0.25) is 21.8 Å². The molecule has 310 valence electrons. The van der Waals surface area contributed by atoms with Crippen molar-refractivity contribution in [2.75, 3.05) is 6.54 Å². The minimum atomic E-state index is -3.95. The van der Waals surface area contributed by atoms with Crippen molar-refractivity contribution in [2.45, 2.75) is 134 Å². The minimum Gasteiger partial charge on any atom is -0.460 e. The molecule has 16 heteroatoms. The van der Waals surface area contributed by atoms with Gasteiger partial charge in [0.1, 0.15) is 23.6 Å². The second kappa shape index (κ2) is 16.7. The van der Waals surface area contributed by atoms with Gasteiger partial charge in [0, 0.05) is 36.9 Å². The van der Waals surface area contributed by atoms with Crippen LogP contribution in [0.2, 0.25) is 0 Å². The molecule has 1 saturated heterocycles. The van der Waals surface area contributed by atoms with Crippen molar-refractivity contribution < 1.29 is 55.8 Å². The summed E-state index contributed by atoms with van der Waals surface area (Å²) >= 11 is 0. The third kappa shape index (κ3) is 10.1. The van der Waals surface area contributed by atoms with Gasteiger partial charge >= 0.3 is 18.0 Å². The first-order chi connectivity index (χ1) is 26.9. The summed E-state index contributed by atoms with van der Waals surface area (Å²) in [6, 6.07) is 3.39. The molecule has 5 aliphatic rings. The van der Waals surface area contributed by atoms with Crippen molar-refractivity contribution in [3.63, 3.8) is 0 Å². The van der Waals surface area contributed by atoms with Gasteiger partial charge in [0.05, 0.1) is 36.2 Å². The maximum Gasteiger partial charge on any atom is 0.410 e. The van der Waals surface area contributed by atoms with E-state index in [2.05, 4.69) is 4.72 Å². The SMILES string of the molecule is C/C=C/C(=O)OC1CC/C=C\[C@@H]2C[C@@]2(C(=O)NS(=O)(=O)C2CC2)CC(=O)[C@@H]2C[C@@H](OC(=O)N3Cc4cccc(F)c4C3)CN2C(=O)[C@@H](CC(=O)OC(C)(C)C)CC1. The zero-order valence-electron chi connectivity index (χ0n) is 32.9. The Hall–Kier alpha value is -4.60. The Morgan fingerprint density at radius 3 is 2.46 bits per heavy atom. The van der Waals surface area contributed by atoms with Crippen LogP contribution in [0, 0.1) is 23.1 Å². The van der Waals surface area contributed by atoms with Crippen molar-refractivity contribution in [3.8, 4) is 0 Å². The number of sulfonamides is 1. The molecule has 0 bridgehead atoms. The van der Waals surface area contributed by atoms with Crippen molar-refractivity contribution in [3.05, 3.63) is 59.4 Å². The Kier molecular flexibility index (Phi) is 12.3. The molecule has 0 aromatic heterocycles. The number of nitrogens with one attached hydrogen (secondary N) is 1. The van der Waals surface area contributed by atoms with E-state index in [1.165, 1.54) is 21.9 Å². The lowest BCUT2D eigenvalue weighted by Crippen LogP contribution is -2.46. The standard InChI is InChI=1S/C41H52FN3O11S/c1-5-9-35(47)54-28-12-7-6-11-27-20-41(27,38(50)43-57(52,53)30-16-17-30)21-34(46)33-19-29(55-39(51)44-22-26-10-8-13-32(42)31(26)24-44)23-45(33)37(49)25(14-15-28)18-36(48)56-40(2,3)4/h5-6,8-11,13,25,27-30,33H,7,12,14-24H2,1-4H3,(H,43,50)/b9-5+,11-6-/t25-,27-,28?,29-,33+,41-/m1/s1. The lowest BCUT2D eigenvalue weighted by molar-refractivity contribution is -0.159. The van der Waals surface area contributed by atoms with E-state index in [1.54, 1.807) is 52.0 Å². The fourth-order valence-corrected chi connectivity index (χ4v) is 9.46. The number of Topliss-reactive ketones (excluding diaryl/α,β-unsaturated/α-hetero) is 1. The lowest BCUT2D eigenvalue weighted by atomic mass is 9.90. The maximum absolute atomic E-state index is 14.7. The van der Waals surface area contributed by atoms with Crippen molar-refractivity contribution >= 4 is 45.7 Å². The van der Waals surface area contributed by atoms with Crippen LogP contribution in [-0.4, -0.2) is 89.5 Å². The second-order valence-corrected chi connectivity index (χ2v) is 18.9. The average molecular weight is 814 g/mol. The van der Waals surface area contributed by atoms with E-state index in [4.69, 9.17) is 14.2 Å². The van der Waals surface area contributed by atoms with Crippen LogP contribution in [-0.2, 0) is 61.3 Å². The fourth-order valence-electron chi connectivity index (χ4n) is 8.07. The van der Waals surface area contributed by atoms with E-state index in [0.29, 0.717) is 36.8 Å². The highest BCUT2D eigenvalue weighted by atomic mass is 32.2. The number of allylic oxidation sites excluding steroid dienone is 3. The highest BCUT2D eigenvalue weighted by Gasteiger charge is 2.61. The molecule has 6 rings (SSSR count). The number of carbonyl (C=O) groups is 6. The third-order valence-corrected chi connectivity index (χ3v) is 13.1. The monoisotopic (exact) mass is 813 g/mol. The van der Waals surface area contributed by atoms with Crippen LogP contribution in [0.3, 0.4) is 0 Å². The van der Waals surface area contributed by atoms with E-state index in [0.717, 1.165) is 0 Å². The van der Waals surface area contributed by atoms with Crippen LogP contribution in [0.5, 0.6) is 0 Å².